The lowest BCUT2D eigenvalue weighted by Gasteiger charge is -2.31. The van der Waals surface area contributed by atoms with Crippen molar-refractivity contribution in [1.82, 2.24) is 4.31 Å². The van der Waals surface area contributed by atoms with Crippen LogP contribution in [-0.4, -0.2) is 38.8 Å². The summed E-state index contributed by atoms with van der Waals surface area (Å²) in [5, 5.41) is 3.22. The lowest BCUT2D eigenvalue weighted by atomic mass is 9.99. The number of benzene rings is 2. The molecule has 1 amide bonds. The molecule has 9 heteroatoms. The van der Waals surface area contributed by atoms with Gasteiger partial charge in [0.2, 0.25) is 15.9 Å². The van der Waals surface area contributed by atoms with Crippen LogP contribution in [0.15, 0.2) is 47.4 Å². The molecule has 1 heterocycles. The van der Waals surface area contributed by atoms with Gasteiger partial charge in [-0.25, -0.2) is 8.42 Å². The number of hydrogen-bond donors (Lipinski definition) is 1. The number of hydrogen-bond acceptors (Lipinski definition) is 4. The maximum Gasteiger partial charge on any atom is 0.244 e. The number of halogens is 2. The molecule has 0 saturated carbocycles. The molecule has 0 bridgehead atoms. The van der Waals surface area contributed by atoms with Crippen LogP contribution < -0.4 is 10.1 Å². The third kappa shape index (κ3) is 4.60. The summed E-state index contributed by atoms with van der Waals surface area (Å²) in [7, 11) is -2.28. The molecule has 3 rings (SSSR count). The molecule has 28 heavy (non-hydrogen) atoms. The van der Waals surface area contributed by atoms with E-state index in [0.29, 0.717) is 30.8 Å². The first kappa shape index (κ1) is 20.9. The van der Waals surface area contributed by atoms with Crippen molar-refractivity contribution in [1.29, 1.82) is 0 Å². The van der Waals surface area contributed by atoms with E-state index in [2.05, 4.69) is 5.32 Å². The first-order valence-electron chi connectivity index (χ1n) is 8.71. The molecule has 0 aliphatic carbocycles. The van der Waals surface area contributed by atoms with Crippen molar-refractivity contribution in [2.45, 2.75) is 17.7 Å². The number of anilines is 1. The standard InChI is InChI=1S/C19H20Cl2N2O4S/c1-27-16-7-5-15(6-8-16)22-19(24)13-3-2-10-23(12-13)28(25,26)18-11-14(20)4-9-17(18)21/h4-9,11,13H,2-3,10,12H2,1H3,(H,22,24)/t13-/m1/s1. The molecule has 0 spiro atoms. The second-order valence-corrected chi connectivity index (χ2v) is 9.24. The maximum atomic E-state index is 13.0. The first-order valence-corrected chi connectivity index (χ1v) is 10.9. The smallest absolute Gasteiger partial charge is 0.244 e. The zero-order chi connectivity index (χ0) is 20.3. The Morgan fingerprint density at radius 1 is 1.18 bits per heavy atom. The highest BCUT2D eigenvalue weighted by molar-refractivity contribution is 7.89. The molecule has 1 atom stereocenters. The van der Waals surface area contributed by atoms with E-state index in [1.165, 1.54) is 22.5 Å². The van der Waals surface area contributed by atoms with Crippen molar-refractivity contribution in [2.24, 2.45) is 5.92 Å². The molecule has 1 fully saturated rings. The van der Waals surface area contributed by atoms with Gasteiger partial charge in [0.25, 0.3) is 0 Å². The molecule has 2 aromatic carbocycles. The zero-order valence-corrected chi connectivity index (χ0v) is 17.5. The van der Waals surface area contributed by atoms with Crippen molar-refractivity contribution in [3.63, 3.8) is 0 Å². The molecule has 1 aliphatic heterocycles. The van der Waals surface area contributed by atoms with Gasteiger partial charge in [-0.2, -0.15) is 4.31 Å². The zero-order valence-electron chi connectivity index (χ0n) is 15.2. The molecule has 2 aromatic rings. The third-order valence-corrected chi connectivity index (χ3v) is 7.21. The number of carbonyl (C=O) groups excluding carboxylic acids is 1. The fourth-order valence-corrected chi connectivity index (χ4v) is 5.37. The van der Waals surface area contributed by atoms with Crippen LogP contribution in [0.25, 0.3) is 0 Å². The Bertz CT molecular complexity index is 964. The summed E-state index contributed by atoms with van der Waals surface area (Å²) in [6.45, 7) is 0.421. The number of ether oxygens (including phenoxy) is 1. The molecular weight excluding hydrogens is 423 g/mol. The number of piperidine rings is 1. The minimum atomic E-state index is -3.84. The highest BCUT2D eigenvalue weighted by atomic mass is 35.5. The maximum absolute atomic E-state index is 13.0. The third-order valence-electron chi connectivity index (χ3n) is 4.62. The molecule has 0 radical (unpaired) electrons. The van der Waals surface area contributed by atoms with E-state index in [0.717, 1.165) is 0 Å². The van der Waals surface area contributed by atoms with E-state index < -0.39 is 15.9 Å². The fraction of sp³-hybridized carbons (Fsp3) is 0.316. The van der Waals surface area contributed by atoms with E-state index in [1.807, 2.05) is 0 Å². The summed E-state index contributed by atoms with van der Waals surface area (Å²) in [4.78, 5) is 12.6. The molecule has 6 nitrogen and oxygen atoms in total. The Hall–Kier alpha value is -1.80. The van der Waals surface area contributed by atoms with Crippen LogP contribution in [0.4, 0.5) is 5.69 Å². The summed E-state index contributed by atoms with van der Waals surface area (Å²) in [5.74, 6) is 0.0113. The van der Waals surface area contributed by atoms with E-state index in [9.17, 15) is 13.2 Å². The SMILES string of the molecule is COc1ccc(NC(=O)[C@@H]2CCCN(S(=O)(=O)c3cc(Cl)ccc3Cl)C2)cc1. The first-order chi connectivity index (χ1) is 13.3. The van der Waals surface area contributed by atoms with E-state index in [1.54, 1.807) is 31.4 Å². The van der Waals surface area contributed by atoms with Crippen LogP contribution in [0.3, 0.4) is 0 Å². The average molecular weight is 443 g/mol. The fourth-order valence-electron chi connectivity index (χ4n) is 3.11. The number of nitrogens with one attached hydrogen (secondary N) is 1. The van der Waals surface area contributed by atoms with E-state index in [-0.39, 0.29) is 27.4 Å². The highest BCUT2D eigenvalue weighted by Gasteiger charge is 2.34. The van der Waals surface area contributed by atoms with Gasteiger partial charge in [-0.3, -0.25) is 4.79 Å². The Kier molecular flexibility index (Phi) is 6.50. The molecular formula is C19H20Cl2N2O4S. The van der Waals surface area contributed by atoms with E-state index >= 15 is 0 Å². The topological polar surface area (TPSA) is 75.7 Å². The lowest BCUT2D eigenvalue weighted by Crippen LogP contribution is -2.43. The predicted molar refractivity (Wildman–Crippen MR) is 110 cm³/mol. The van der Waals surface area contributed by atoms with Gasteiger partial charge in [0, 0.05) is 23.8 Å². The van der Waals surface area contributed by atoms with Crippen LogP contribution in [0.5, 0.6) is 5.75 Å². The molecule has 1 saturated heterocycles. The number of rotatable bonds is 5. The number of amides is 1. The quantitative estimate of drug-likeness (QED) is 0.757. The molecule has 150 valence electrons. The Morgan fingerprint density at radius 3 is 2.57 bits per heavy atom. The summed E-state index contributed by atoms with van der Waals surface area (Å²) >= 11 is 12.0. The lowest BCUT2D eigenvalue weighted by molar-refractivity contribution is -0.120. The minimum absolute atomic E-state index is 0.0436. The van der Waals surface area contributed by atoms with Gasteiger partial charge < -0.3 is 10.1 Å². The molecule has 1 aliphatic rings. The van der Waals surface area contributed by atoms with Gasteiger partial charge in [-0.15, -0.1) is 0 Å². The predicted octanol–water partition coefficient (Wildman–Crippen LogP) is 4.04. The van der Waals surface area contributed by atoms with Gasteiger partial charge in [0.05, 0.1) is 18.1 Å². The highest BCUT2D eigenvalue weighted by Crippen LogP contribution is 2.30. The van der Waals surface area contributed by atoms with Crippen molar-refractivity contribution in [3.05, 3.63) is 52.5 Å². The average Bonchev–Trinajstić information content (AvgIpc) is 2.70. The summed E-state index contributed by atoms with van der Waals surface area (Å²) in [5.41, 5.74) is 0.628. The Balaban J connectivity index is 1.73. The summed E-state index contributed by atoms with van der Waals surface area (Å²) in [6, 6.07) is 11.3. The number of carbonyl (C=O) groups is 1. The van der Waals surface area contributed by atoms with Crippen LogP contribution in [0.1, 0.15) is 12.8 Å². The molecule has 1 N–H and O–H groups in total. The largest absolute Gasteiger partial charge is 0.497 e. The van der Waals surface area contributed by atoms with Crippen LogP contribution in [0.2, 0.25) is 10.0 Å². The van der Waals surface area contributed by atoms with Crippen LogP contribution in [0, 0.1) is 5.92 Å². The van der Waals surface area contributed by atoms with Crippen molar-refractivity contribution >= 4 is 44.8 Å². The summed E-state index contributed by atoms with van der Waals surface area (Å²) < 4.78 is 32.4. The second kappa shape index (κ2) is 8.69. The normalized spacial score (nSPS) is 17.9. The Labute approximate surface area is 174 Å². The van der Waals surface area contributed by atoms with Crippen molar-refractivity contribution in [2.75, 3.05) is 25.5 Å². The second-order valence-electron chi connectivity index (χ2n) is 6.49. The molecule has 0 unspecified atom stereocenters. The number of methoxy groups -OCH3 is 1. The summed E-state index contributed by atoms with van der Waals surface area (Å²) in [6.07, 6.45) is 1.19. The molecule has 0 aromatic heterocycles. The van der Waals surface area contributed by atoms with Gasteiger partial charge in [0.1, 0.15) is 10.6 Å². The van der Waals surface area contributed by atoms with Gasteiger partial charge in [-0.1, -0.05) is 23.2 Å². The van der Waals surface area contributed by atoms with Gasteiger partial charge >= 0.3 is 0 Å². The van der Waals surface area contributed by atoms with Crippen LogP contribution >= 0.6 is 23.2 Å². The van der Waals surface area contributed by atoms with Gasteiger partial charge in [0.15, 0.2) is 0 Å². The van der Waals surface area contributed by atoms with E-state index in [4.69, 9.17) is 27.9 Å². The van der Waals surface area contributed by atoms with Crippen molar-refractivity contribution in [3.8, 4) is 5.75 Å². The van der Waals surface area contributed by atoms with Gasteiger partial charge in [-0.05, 0) is 55.3 Å². The number of sulfonamides is 1. The Morgan fingerprint density at radius 2 is 1.89 bits per heavy atom. The minimum Gasteiger partial charge on any atom is -0.497 e. The monoisotopic (exact) mass is 442 g/mol. The number of nitrogens with zero attached hydrogens (tertiary/aromatic N) is 1. The van der Waals surface area contributed by atoms with Crippen LogP contribution in [-0.2, 0) is 14.8 Å². The van der Waals surface area contributed by atoms with Crippen molar-refractivity contribution < 1.29 is 17.9 Å².